The Bertz CT molecular complexity index is 625. The first-order valence-electron chi connectivity index (χ1n) is 7.05. The average molecular weight is 271 g/mol. The van der Waals surface area contributed by atoms with Crippen molar-refractivity contribution in [3.63, 3.8) is 0 Å². The lowest BCUT2D eigenvalue weighted by molar-refractivity contribution is 0.0602. The third-order valence-electron chi connectivity index (χ3n) is 3.55. The van der Waals surface area contributed by atoms with Gasteiger partial charge in [-0.3, -0.25) is 0 Å². The van der Waals surface area contributed by atoms with Gasteiger partial charge in [-0.15, -0.1) is 0 Å². The minimum Gasteiger partial charge on any atom is -0.465 e. The van der Waals surface area contributed by atoms with Gasteiger partial charge in [0.2, 0.25) is 0 Å². The van der Waals surface area contributed by atoms with Gasteiger partial charge in [-0.05, 0) is 24.1 Å². The minimum atomic E-state index is -0.287. The van der Waals surface area contributed by atoms with E-state index in [1.165, 1.54) is 20.0 Å². The monoisotopic (exact) mass is 271 g/mol. The van der Waals surface area contributed by atoms with Crippen LogP contribution in [-0.2, 0) is 11.3 Å². The highest BCUT2D eigenvalue weighted by atomic mass is 16.5. The summed E-state index contributed by atoms with van der Waals surface area (Å²) >= 11 is 0. The van der Waals surface area contributed by atoms with E-state index in [2.05, 4.69) is 18.1 Å². The number of esters is 1. The second-order valence-electron chi connectivity index (χ2n) is 4.92. The van der Waals surface area contributed by atoms with Gasteiger partial charge in [-0.25, -0.2) is 4.79 Å². The second-order valence-corrected chi connectivity index (χ2v) is 4.92. The maximum Gasteiger partial charge on any atom is 0.340 e. The fraction of sp³-hybridized carbons (Fsp3) is 0.353. The summed E-state index contributed by atoms with van der Waals surface area (Å²) in [6.07, 6.45) is 7.18. The molecule has 0 radical (unpaired) electrons. The van der Waals surface area contributed by atoms with E-state index in [0.29, 0.717) is 5.56 Å². The molecule has 0 spiro atoms. The third-order valence-corrected chi connectivity index (χ3v) is 3.55. The van der Waals surface area contributed by atoms with Crippen LogP contribution in [0.25, 0.3) is 17.0 Å². The number of hydrogen-bond acceptors (Lipinski definition) is 2. The zero-order chi connectivity index (χ0) is 14.5. The molecule has 2 rings (SSSR count). The Morgan fingerprint density at radius 1 is 1.40 bits per heavy atom. The van der Waals surface area contributed by atoms with Crippen molar-refractivity contribution in [1.29, 1.82) is 0 Å². The van der Waals surface area contributed by atoms with E-state index < -0.39 is 0 Å². The number of unbranched alkanes of at least 4 members (excludes halogenated alkanes) is 2. The number of ether oxygens (including phenoxy) is 1. The molecule has 0 bridgehead atoms. The minimum absolute atomic E-state index is 0.287. The largest absolute Gasteiger partial charge is 0.465 e. The molecule has 0 amide bonds. The van der Waals surface area contributed by atoms with E-state index in [4.69, 9.17) is 4.74 Å². The first kappa shape index (κ1) is 14.4. The summed E-state index contributed by atoms with van der Waals surface area (Å²) in [6, 6.07) is 6.06. The fourth-order valence-electron chi connectivity index (χ4n) is 2.43. The van der Waals surface area contributed by atoms with Crippen LogP contribution in [0.1, 0.15) is 42.1 Å². The fourth-order valence-corrected chi connectivity index (χ4v) is 2.43. The highest BCUT2D eigenvalue weighted by Crippen LogP contribution is 2.24. The van der Waals surface area contributed by atoms with Crippen molar-refractivity contribution < 1.29 is 9.53 Å². The summed E-state index contributed by atoms with van der Waals surface area (Å²) in [6.45, 7) is 6.89. The summed E-state index contributed by atoms with van der Waals surface area (Å²) in [5, 5.41) is 0.936. The van der Waals surface area contributed by atoms with Gasteiger partial charge in [0.05, 0.1) is 12.7 Å². The van der Waals surface area contributed by atoms with E-state index in [0.717, 1.165) is 29.4 Å². The smallest absolute Gasteiger partial charge is 0.340 e. The number of nitrogens with zero attached hydrogens (tertiary/aromatic N) is 1. The van der Waals surface area contributed by atoms with E-state index >= 15 is 0 Å². The van der Waals surface area contributed by atoms with E-state index in [-0.39, 0.29) is 5.97 Å². The number of aromatic nitrogens is 1. The number of hydrogen-bond donors (Lipinski definition) is 0. The summed E-state index contributed by atoms with van der Waals surface area (Å²) in [5.41, 5.74) is 2.71. The van der Waals surface area contributed by atoms with E-state index in [1.54, 1.807) is 6.08 Å². The molecule has 0 aliphatic heterocycles. The lowest BCUT2D eigenvalue weighted by Gasteiger charge is -2.04. The molecule has 0 saturated heterocycles. The average Bonchev–Trinajstić information content (AvgIpc) is 2.84. The predicted molar refractivity (Wildman–Crippen MR) is 82.9 cm³/mol. The number of benzene rings is 1. The summed E-state index contributed by atoms with van der Waals surface area (Å²) < 4.78 is 7.02. The first-order valence-corrected chi connectivity index (χ1v) is 7.05. The zero-order valence-corrected chi connectivity index (χ0v) is 12.2. The molecule has 0 atom stereocenters. The lowest BCUT2D eigenvalue weighted by Crippen LogP contribution is -2.00. The normalized spacial score (nSPS) is 10.7. The van der Waals surface area contributed by atoms with E-state index in [9.17, 15) is 4.79 Å². The Hall–Kier alpha value is -2.03. The molecule has 0 saturated carbocycles. The van der Waals surface area contributed by atoms with Gasteiger partial charge in [-0.2, -0.15) is 0 Å². The molecule has 0 unspecified atom stereocenters. The standard InChI is InChI=1S/C17H21NO2/c1-4-6-7-10-18-12-15(17(19)20-3)14-11-13(5-2)8-9-16(14)18/h5,8-9,11-12H,2,4,6-7,10H2,1,3H3. The van der Waals surface area contributed by atoms with Gasteiger partial charge in [0.15, 0.2) is 0 Å². The summed E-state index contributed by atoms with van der Waals surface area (Å²) in [5.74, 6) is -0.287. The summed E-state index contributed by atoms with van der Waals surface area (Å²) in [4.78, 5) is 11.9. The van der Waals surface area contributed by atoms with Crippen LogP contribution >= 0.6 is 0 Å². The molecule has 0 aliphatic carbocycles. The molecule has 1 heterocycles. The highest BCUT2D eigenvalue weighted by Gasteiger charge is 2.15. The predicted octanol–water partition coefficient (Wildman–Crippen LogP) is 4.26. The maximum atomic E-state index is 11.9. The van der Waals surface area contributed by atoms with Gasteiger partial charge in [0.25, 0.3) is 0 Å². The molecule has 2 aromatic rings. The molecule has 3 heteroatoms. The van der Waals surface area contributed by atoms with Crippen LogP contribution in [0.15, 0.2) is 31.0 Å². The van der Waals surface area contributed by atoms with Crippen LogP contribution in [0.5, 0.6) is 0 Å². The topological polar surface area (TPSA) is 31.2 Å². The highest BCUT2D eigenvalue weighted by molar-refractivity contribution is 6.04. The Morgan fingerprint density at radius 3 is 2.85 bits per heavy atom. The van der Waals surface area contributed by atoms with Crippen molar-refractivity contribution in [2.75, 3.05) is 7.11 Å². The van der Waals surface area contributed by atoms with Crippen LogP contribution in [0.2, 0.25) is 0 Å². The van der Waals surface area contributed by atoms with Gasteiger partial charge < -0.3 is 9.30 Å². The van der Waals surface area contributed by atoms with Gasteiger partial charge in [-0.1, -0.05) is 38.5 Å². The molecule has 3 nitrogen and oxygen atoms in total. The number of rotatable bonds is 6. The number of aryl methyl sites for hydroxylation is 1. The van der Waals surface area contributed by atoms with Gasteiger partial charge >= 0.3 is 5.97 Å². The van der Waals surface area contributed by atoms with E-state index in [1.807, 2.05) is 24.4 Å². The molecule has 1 aromatic carbocycles. The van der Waals surface area contributed by atoms with Crippen molar-refractivity contribution in [1.82, 2.24) is 4.57 Å². The molecular formula is C17H21NO2. The Kier molecular flexibility index (Phi) is 4.61. The van der Waals surface area contributed by atoms with Crippen molar-refractivity contribution in [2.45, 2.75) is 32.7 Å². The number of methoxy groups -OCH3 is 1. The molecule has 0 fully saturated rings. The number of carbonyl (C=O) groups is 1. The lowest BCUT2D eigenvalue weighted by atomic mass is 10.1. The van der Waals surface area contributed by atoms with Crippen LogP contribution in [0, 0.1) is 0 Å². The third kappa shape index (κ3) is 2.77. The Balaban J connectivity index is 2.48. The van der Waals surface area contributed by atoms with Crippen LogP contribution in [0.4, 0.5) is 0 Å². The molecule has 106 valence electrons. The Morgan fingerprint density at radius 2 is 2.20 bits per heavy atom. The van der Waals surface area contributed by atoms with Crippen LogP contribution in [0.3, 0.4) is 0 Å². The second kappa shape index (κ2) is 6.42. The number of carbonyl (C=O) groups excluding carboxylic acids is 1. The molecule has 0 aliphatic rings. The van der Waals surface area contributed by atoms with Crippen molar-refractivity contribution >= 4 is 22.9 Å². The maximum absolute atomic E-state index is 11.9. The van der Waals surface area contributed by atoms with Gasteiger partial charge in [0.1, 0.15) is 0 Å². The van der Waals surface area contributed by atoms with Crippen molar-refractivity contribution in [3.8, 4) is 0 Å². The van der Waals surface area contributed by atoms with Gasteiger partial charge in [0, 0.05) is 23.6 Å². The molecule has 20 heavy (non-hydrogen) atoms. The van der Waals surface area contributed by atoms with Crippen molar-refractivity contribution in [3.05, 3.63) is 42.1 Å². The molecular weight excluding hydrogens is 250 g/mol. The SMILES string of the molecule is C=Cc1ccc2c(c1)c(C(=O)OC)cn2CCCCC. The van der Waals surface area contributed by atoms with Crippen molar-refractivity contribution in [2.24, 2.45) is 0 Å². The summed E-state index contributed by atoms with van der Waals surface area (Å²) in [7, 11) is 1.42. The first-order chi connectivity index (χ1) is 9.71. The zero-order valence-electron chi connectivity index (χ0n) is 12.2. The van der Waals surface area contributed by atoms with Crippen LogP contribution < -0.4 is 0 Å². The van der Waals surface area contributed by atoms with Crippen LogP contribution in [-0.4, -0.2) is 17.6 Å². The number of fused-ring (bicyclic) bond motifs is 1. The Labute approximate surface area is 119 Å². The quantitative estimate of drug-likeness (QED) is 0.580. The molecule has 0 N–H and O–H groups in total. The molecule has 1 aromatic heterocycles.